The quantitative estimate of drug-likeness (QED) is 0.758. The molecule has 90 valence electrons. The molecule has 1 unspecified atom stereocenters. The largest absolute Gasteiger partial charge is 0.333 e. The molecule has 17 heavy (non-hydrogen) atoms. The van der Waals surface area contributed by atoms with Gasteiger partial charge >= 0.3 is 0 Å². The summed E-state index contributed by atoms with van der Waals surface area (Å²) in [6.07, 6.45) is 1.64. The number of benzene rings is 1. The first-order valence-corrected chi connectivity index (χ1v) is 6.04. The Morgan fingerprint density at radius 2 is 1.94 bits per heavy atom. The van der Waals surface area contributed by atoms with E-state index in [2.05, 4.69) is 0 Å². The minimum absolute atomic E-state index is 0.00867. The van der Waals surface area contributed by atoms with E-state index in [1.165, 1.54) is 6.92 Å². The van der Waals surface area contributed by atoms with Crippen LogP contribution in [-0.2, 0) is 4.79 Å². The van der Waals surface area contributed by atoms with E-state index >= 15 is 0 Å². The van der Waals surface area contributed by atoms with Crippen molar-refractivity contribution in [3.8, 4) is 0 Å². The fourth-order valence-corrected chi connectivity index (χ4v) is 2.35. The summed E-state index contributed by atoms with van der Waals surface area (Å²) in [5, 5.41) is 0.608. The van der Waals surface area contributed by atoms with Crippen molar-refractivity contribution in [3.05, 3.63) is 34.9 Å². The molecular formula is C13H14ClNO2. The van der Waals surface area contributed by atoms with Gasteiger partial charge in [0.05, 0.1) is 6.04 Å². The molecule has 0 aliphatic carbocycles. The van der Waals surface area contributed by atoms with E-state index < -0.39 is 0 Å². The lowest BCUT2D eigenvalue weighted by atomic mass is 10.0. The lowest BCUT2D eigenvalue weighted by Gasteiger charge is -2.22. The van der Waals surface area contributed by atoms with Gasteiger partial charge in [0.25, 0.3) is 0 Å². The van der Waals surface area contributed by atoms with Crippen molar-refractivity contribution >= 4 is 23.3 Å². The first kappa shape index (κ1) is 12.1. The Hall–Kier alpha value is -1.35. The number of ketones is 1. The molecule has 3 nitrogen and oxygen atoms in total. The van der Waals surface area contributed by atoms with Gasteiger partial charge < -0.3 is 4.90 Å². The second-order valence-electron chi connectivity index (χ2n) is 4.24. The van der Waals surface area contributed by atoms with Gasteiger partial charge in [0.2, 0.25) is 5.91 Å². The molecule has 1 atom stereocenters. The van der Waals surface area contributed by atoms with Crippen molar-refractivity contribution in [2.45, 2.75) is 25.8 Å². The zero-order chi connectivity index (χ0) is 12.4. The van der Waals surface area contributed by atoms with E-state index in [1.807, 2.05) is 0 Å². The summed E-state index contributed by atoms with van der Waals surface area (Å²) in [6, 6.07) is 6.51. The minimum Gasteiger partial charge on any atom is -0.333 e. The van der Waals surface area contributed by atoms with Crippen LogP contribution < -0.4 is 0 Å². The van der Waals surface area contributed by atoms with E-state index in [9.17, 15) is 9.59 Å². The molecule has 1 heterocycles. The highest BCUT2D eigenvalue weighted by molar-refractivity contribution is 6.30. The van der Waals surface area contributed by atoms with Crippen LogP contribution in [0.4, 0.5) is 0 Å². The number of Topliss-reactive ketones (excluding diaryl/α,β-unsaturated/α-hetero) is 1. The van der Waals surface area contributed by atoms with Gasteiger partial charge in [-0.3, -0.25) is 9.59 Å². The number of amides is 1. The van der Waals surface area contributed by atoms with Crippen LogP contribution in [0, 0.1) is 0 Å². The summed E-state index contributed by atoms with van der Waals surface area (Å²) < 4.78 is 0. The summed E-state index contributed by atoms with van der Waals surface area (Å²) >= 11 is 5.78. The van der Waals surface area contributed by atoms with Gasteiger partial charge in [-0.2, -0.15) is 0 Å². The van der Waals surface area contributed by atoms with Crippen molar-refractivity contribution in [2.24, 2.45) is 0 Å². The Morgan fingerprint density at radius 3 is 2.53 bits per heavy atom. The fraction of sp³-hybridized carbons (Fsp3) is 0.385. The molecule has 0 aromatic heterocycles. The van der Waals surface area contributed by atoms with E-state index in [-0.39, 0.29) is 17.7 Å². The molecule has 0 spiro atoms. The van der Waals surface area contributed by atoms with Crippen LogP contribution in [0.2, 0.25) is 5.02 Å². The third kappa shape index (κ3) is 2.50. The Kier molecular flexibility index (Phi) is 3.48. The summed E-state index contributed by atoms with van der Waals surface area (Å²) in [7, 11) is 0. The summed E-state index contributed by atoms with van der Waals surface area (Å²) in [4.78, 5) is 25.3. The molecule has 1 aromatic rings. The molecule has 1 amide bonds. The topological polar surface area (TPSA) is 37.4 Å². The second kappa shape index (κ2) is 4.88. The van der Waals surface area contributed by atoms with Gasteiger partial charge in [-0.1, -0.05) is 11.6 Å². The monoisotopic (exact) mass is 251 g/mol. The van der Waals surface area contributed by atoms with Gasteiger partial charge in [0.15, 0.2) is 5.78 Å². The van der Waals surface area contributed by atoms with Crippen LogP contribution in [0.15, 0.2) is 24.3 Å². The molecule has 0 N–H and O–H groups in total. The number of nitrogens with zero attached hydrogens (tertiary/aromatic N) is 1. The Bertz CT molecular complexity index is 441. The van der Waals surface area contributed by atoms with Crippen LogP contribution in [-0.4, -0.2) is 29.2 Å². The smallest absolute Gasteiger partial charge is 0.220 e. The molecule has 1 aliphatic heterocycles. The van der Waals surface area contributed by atoms with E-state index in [0.717, 1.165) is 12.8 Å². The zero-order valence-corrected chi connectivity index (χ0v) is 10.4. The minimum atomic E-state index is -0.298. The highest BCUT2D eigenvalue weighted by atomic mass is 35.5. The third-order valence-corrected chi connectivity index (χ3v) is 3.34. The number of carbonyl (C=O) groups is 2. The van der Waals surface area contributed by atoms with Gasteiger partial charge in [-0.05, 0) is 37.1 Å². The lowest BCUT2D eigenvalue weighted by molar-refractivity contribution is -0.128. The second-order valence-corrected chi connectivity index (χ2v) is 4.68. The Balaban J connectivity index is 2.19. The molecule has 4 heteroatoms. The van der Waals surface area contributed by atoms with E-state index in [0.29, 0.717) is 17.1 Å². The number of rotatable bonds is 2. The molecule has 0 saturated carbocycles. The maximum atomic E-state index is 12.2. The predicted molar refractivity (Wildman–Crippen MR) is 66.2 cm³/mol. The number of carbonyl (C=O) groups excluding carboxylic acids is 2. The highest BCUT2D eigenvalue weighted by Gasteiger charge is 2.32. The molecule has 1 saturated heterocycles. The lowest BCUT2D eigenvalue weighted by Crippen LogP contribution is -2.39. The normalized spacial score (nSPS) is 19.4. The average molecular weight is 252 g/mol. The van der Waals surface area contributed by atoms with Crippen molar-refractivity contribution in [2.75, 3.05) is 6.54 Å². The van der Waals surface area contributed by atoms with Crippen molar-refractivity contribution in [1.29, 1.82) is 0 Å². The number of likely N-dealkylation sites (tertiary alicyclic amines) is 1. The number of halogens is 1. The van der Waals surface area contributed by atoms with E-state index in [1.54, 1.807) is 29.2 Å². The third-order valence-electron chi connectivity index (χ3n) is 3.09. The summed E-state index contributed by atoms with van der Waals surface area (Å²) in [6.45, 7) is 2.19. The maximum Gasteiger partial charge on any atom is 0.220 e. The molecule has 0 radical (unpaired) electrons. The van der Waals surface area contributed by atoms with Gasteiger partial charge in [0.1, 0.15) is 0 Å². The molecule has 1 aliphatic rings. The first-order valence-electron chi connectivity index (χ1n) is 5.66. The van der Waals surface area contributed by atoms with Crippen LogP contribution in [0.1, 0.15) is 30.1 Å². The van der Waals surface area contributed by atoms with Crippen LogP contribution in [0.3, 0.4) is 0 Å². The standard InChI is InChI=1S/C13H14ClNO2/c1-9(16)15-8-2-3-12(15)13(17)10-4-6-11(14)7-5-10/h4-7,12H,2-3,8H2,1H3. The van der Waals surface area contributed by atoms with Gasteiger partial charge in [0, 0.05) is 24.1 Å². The molecule has 2 rings (SSSR count). The molecule has 1 fully saturated rings. The number of hydrogen-bond acceptors (Lipinski definition) is 2. The fourth-order valence-electron chi connectivity index (χ4n) is 2.22. The van der Waals surface area contributed by atoms with Gasteiger partial charge in [-0.25, -0.2) is 0 Å². The Morgan fingerprint density at radius 1 is 1.29 bits per heavy atom. The number of hydrogen-bond donors (Lipinski definition) is 0. The SMILES string of the molecule is CC(=O)N1CCCC1C(=O)c1ccc(Cl)cc1. The van der Waals surface area contributed by atoms with E-state index in [4.69, 9.17) is 11.6 Å². The van der Waals surface area contributed by atoms with Crippen molar-refractivity contribution < 1.29 is 9.59 Å². The average Bonchev–Trinajstić information content (AvgIpc) is 2.78. The summed E-state index contributed by atoms with van der Waals surface area (Å²) in [5.41, 5.74) is 0.618. The Labute approximate surface area is 105 Å². The van der Waals surface area contributed by atoms with Crippen LogP contribution in [0.25, 0.3) is 0 Å². The molecular weight excluding hydrogens is 238 g/mol. The van der Waals surface area contributed by atoms with Gasteiger partial charge in [-0.15, -0.1) is 0 Å². The highest BCUT2D eigenvalue weighted by Crippen LogP contribution is 2.22. The van der Waals surface area contributed by atoms with Crippen LogP contribution >= 0.6 is 11.6 Å². The molecule has 1 aromatic carbocycles. The zero-order valence-electron chi connectivity index (χ0n) is 9.65. The van der Waals surface area contributed by atoms with Crippen LogP contribution in [0.5, 0.6) is 0 Å². The van der Waals surface area contributed by atoms with Crippen molar-refractivity contribution in [3.63, 3.8) is 0 Å². The summed E-state index contributed by atoms with van der Waals surface area (Å²) in [5.74, 6) is -0.0239. The maximum absolute atomic E-state index is 12.2. The van der Waals surface area contributed by atoms with Crippen molar-refractivity contribution in [1.82, 2.24) is 4.90 Å². The predicted octanol–water partition coefficient (Wildman–Crippen LogP) is 2.53. The molecule has 0 bridgehead atoms. The first-order chi connectivity index (χ1) is 8.09.